The van der Waals surface area contributed by atoms with Gasteiger partial charge in [0.05, 0.1) is 6.04 Å². The van der Waals surface area contributed by atoms with E-state index in [-0.39, 0.29) is 80.8 Å². The number of nitrogens with one attached hydrogen (secondary N) is 7. The molecule has 0 saturated carbocycles. The van der Waals surface area contributed by atoms with Gasteiger partial charge in [0, 0.05) is 42.7 Å². The summed E-state index contributed by atoms with van der Waals surface area (Å²) in [4.78, 5) is 119. The molecule has 2 aliphatic rings. The first-order valence-electron chi connectivity index (χ1n) is 23.5. The third-order valence-electron chi connectivity index (χ3n) is 12.2. The highest BCUT2D eigenvalue weighted by Crippen LogP contribution is 2.25. The number of nitrogens with zero attached hydrogens (tertiary/aromatic N) is 2. The van der Waals surface area contributed by atoms with E-state index in [4.69, 9.17) is 4.42 Å². The minimum Gasteiger partial charge on any atom is -0.508 e. The van der Waals surface area contributed by atoms with E-state index in [1.807, 2.05) is 34.6 Å². The van der Waals surface area contributed by atoms with Crippen molar-refractivity contribution in [1.29, 1.82) is 0 Å². The Morgan fingerprint density at radius 2 is 1.68 bits per heavy atom. The van der Waals surface area contributed by atoms with Crippen LogP contribution in [0.4, 0.5) is 0 Å². The van der Waals surface area contributed by atoms with Crippen molar-refractivity contribution in [1.82, 2.24) is 46.8 Å². The van der Waals surface area contributed by atoms with Gasteiger partial charge in [-0.1, -0.05) is 48.0 Å². The third-order valence-corrected chi connectivity index (χ3v) is 12.2. The lowest BCUT2D eigenvalue weighted by molar-refractivity contribution is -0.144. The Bertz CT molecular complexity index is 2340. The molecule has 2 aliphatic heterocycles. The summed E-state index contributed by atoms with van der Waals surface area (Å²) in [5.74, 6) is -6.46. The predicted molar refractivity (Wildman–Crippen MR) is 250 cm³/mol. The minimum atomic E-state index is -1.38. The number of oxazole rings is 1. The molecular weight excluding hydrogens is 879 g/mol. The number of carbonyl (C=O) groups excluding carboxylic acids is 8. The number of aromatic amines is 1. The number of fused-ring (bicyclic) bond motifs is 4. The maximum Gasteiger partial charge on any atom is 0.290 e. The zero-order valence-corrected chi connectivity index (χ0v) is 39.8. The maximum absolute atomic E-state index is 14.6. The highest BCUT2D eigenvalue weighted by molar-refractivity contribution is 6.38. The molecule has 1 saturated heterocycles. The van der Waals surface area contributed by atoms with E-state index in [1.165, 1.54) is 36.3 Å². The van der Waals surface area contributed by atoms with Crippen LogP contribution in [0.25, 0.3) is 17.0 Å². The molecule has 20 nitrogen and oxygen atoms in total. The van der Waals surface area contributed by atoms with E-state index in [9.17, 15) is 48.6 Å². The number of phenolic OH excluding ortho intramolecular Hbond substituents is 1. The number of phenols is 1. The molecular formula is C48H67N9O11. The summed E-state index contributed by atoms with van der Waals surface area (Å²) in [5, 5.41) is 37.8. The molecule has 0 spiro atoms. The first-order chi connectivity index (χ1) is 32.3. The van der Waals surface area contributed by atoms with Gasteiger partial charge in [0.2, 0.25) is 47.1 Å². The van der Waals surface area contributed by atoms with E-state index in [0.29, 0.717) is 29.3 Å². The second kappa shape index (κ2) is 23.9. The van der Waals surface area contributed by atoms with Crippen LogP contribution in [0.2, 0.25) is 0 Å². The van der Waals surface area contributed by atoms with Crippen LogP contribution >= 0.6 is 0 Å². The second-order valence-corrected chi connectivity index (χ2v) is 18.7. The van der Waals surface area contributed by atoms with E-state index in [1.54, 1.807) is 19.2 Å². The Morgan fingerprint density at radius 3 is 2.38 bits per heavy atom. The van der Waals surface area contributed by atoms with Crippen LogP contribution in [0, 0.1) is 17.8 Å². The number of rotatable bonds is 12. The minimum absolute atomic E-state index is 0.00120. The van der Waals surface area contributed by atoms with Crippen molar-refractivity contribution in [3.8, 4) is 5.75 Å². The van der Waals surface area contributed by atoms with Gasteiger partial charge in [0.15, 0.2) is 0 Å². The van der Waals surface area contributed by atoms with Crippen LogP contribution < -0.4 is 31.9 Å². The topological polar surface area (TPSA) is 294 Å². The van der Waals surface area contributed by atoms with Crippen molar-refractivity contribution in [2.45, 2.75) is 142 Å². The van der Waals surface area contributed by atoms with Crippen molar-refractivity contribution in [2.24, 2.45) is 17.8 Å². The van der Waals surface area contributed by atoms with Crippen molar-refractivity contribution in [2.75, 3.05) is 13.1 Å². The number of ketones is 1. The molecule has 1 aromatic carbocycles. The average Bonchev–Trinajstić information content (AvgIpc) is 4.08. The molecule has 7 amide bonds. The molecule has 9 N–H and O–H groups in total. The Labute approximate surface area is 395 Å². The summed E-state index contributed by atoms with van der Waals surface area (Å²) < 4.78 is 5.55. The largest absolute Gasteiger partial charge is 0.508 e. The van der Waals surface area contributed by atoms with Crippen LogP contribution in [0.5, 0.6) is 5.75 Å². The van der Waals surface area contributed by atoms with Gasteiger partial charge in [0.1, 0.15) is 54.0 Å². The lowest BCUT2D eigenvalue weighted by Gasteiger charge is -2.31. The standard InChI is InChI=1S/C48H67N9O11/c1-8-27(6)40(60)45(65)56-36(20-26(4)5)43(63)54-34-11-9-17-49-42(62)37(21-29-23-50-33-15-14-31(58)22-32(29)33)53-39(59)16-13-30-24-68-47(52-30)28(7)51-46(66)41(61)35(19-25(2)3)55-44(64)38-12-10-18-57(38)48(34)67/h13-16,22-28,34-38,40,50,58,60H,8-12,17-21H2,1-7H3,(H,49,62)(H,51,66)(H,53,59)(H,54,63)(H,55,64)(H,56,65)/b16-13-. The van der Waals surface area contributed by atoms with Gasteiger partial charge in [0.25, 0.3) is 5.91 Å². The first kappa shape index (κ1) is 52.4. The molecule has 2 aromatic heterocycles. The normalized spacial score (nSPS) is 23.4. The van der Waals surface area contributed by atoms with Crippen molar-refractivity contribution < 1.29 is 53.0 Å². The van der Waals surface area contributed by atoms with E-state index in [0.717, 1.165) is 6.08 Å². The SMILES string of the molecule is CCC(C)C(O)C(=O)NC(CC(C)C)C(=O)NC1CCCNC(=O)C(Cc2c[nH]c3ccc(O)cc23)NC(=O)/C=C\c2coc(n2)C(C)NC(=O)C(=O)C(CC(C)C)NC(=O)C2CCCN2C1=O. The molecule has 2 bridgehead atoms. The fourth-order valence-corrected chi connectivity index (χ4v) is 8.30. The summed E-state index contributed by atoms with van der Waals surface area (Å²) in [6.07, 6.45) is 5.54. The molecule has 5 rings (SSSR count). The smallest absolute Gasteiger partial charge is 0.290 e. The number of aliphatic hydroxyl groups excluding tert-OH is 1. The molecule has 370 valence electrons. The lowest BCUT2D eigenvalue weighted by Crippen LogP contribution is -2.58. The summed E-state index contributed by atoms with van der Waals surface area (Å²) in [6.45, 7) is 12.5. The molecule has 3 aromatic rings. The number of hydrogen-bond donors (Lipinski definition) is 9. The predicted octanol–water partition coefficient (Wildman–Crippen LogP) is 2.20. The molecule has 0 radical (unpaired) electrons. The van der Waals surface area contributed by atoms with Crippen LogP contribution in [0.3, 0.4) is 0 Å². The van der Waals surface area contributed by atoms with Crippen LogP contribution in [-0.2, 0) is 44.8 Å². The summed E-state index contributed by atoms with van der Waals surface area (Å²) in [7, 11) is 0. The summed E-state index contributed by atoms with van der Waals surface area (Å²) in [6, 6.07) is -2.05. The van der Waals surface area contributed by atoms with Crippen LogP contribution in [-0.4, -0.2) is 122 Å². The van der Waals surface area contributed by atoms with Gasteiger partial charge in [-0.05, 0) is 93.0 Å². The molecule has 8 atom stereocenters. The van der Waals surface area contributed by atoms with Gasteiger partial charge in [-0.2, -0.15) is 0 Å². The molecule has 20 heteroatoms. The monoisotopic (exact) mass is 945 g/mol. The zero-order chi connectivity index (χ0) is 49.8. The lowest BCUT2D eigenvalue weighted by atomic mass is 9.98. The number of hydrogen-bond acceptors (Lipinski definition) is 12. The molecule has 8 unspecified atom stereocenters. The van der Waals surface area contributed by atoms with Gasteiger partial charge in [-0.25, -0.2) is 4.98 Å². The van der Waals surface area contributed by atoms with Gasteiger partial charge in [-0.3, -0.25) is 38.4 Å². The quantitative estimate of drug-likeness (QED) is 0.118. The van der Waals surface area contributed by atoms with Gasteiger partial charge in [-0.15, -0.1) is 0 Å². The average molecular weight is 946 g/mol. The fourth-order valence-electron chi connectivity index (χ4n) is 8.30. The number of aliphatic hydroxyl groups is 1. The number of H-pyrrole nitrogens is 1. The fraction of sp³-hybridized carbons (Fsp3) is 0.562. The summed E-state index contributed by atoms with van der Waals surface area (Å²) >= 11 is 0. The molecule has 68 heavy (non-hydrogen) atoms. The van der Waals surface area contributed by atoms with Crippen molar-refractivity contribution in [3.05, 3.63) is 53.9 Å². The molecule has 1 fully saturated rings. The number of benzene rings is 1. The van der Waals surface area contributed by atoms with E-state index >= 15 is 0 Å². The number of amides is 7. The number of carbonyl (C=O) groups is 8. The van der Waals surface area contributed by atoms with Gasteiger partial charge < -0.3 is 56.4 Å². The Kier molecular flexibility index (Phi) is 18.4. The number of aromatic hydroxyl groups is 1. The van der Waals surface area contributed by atoms with E-state index < -0.39 is 95.4 Å². The number of aromatic nitrogens is 2. The van der Waals surface area contributed by atoms with Crippen LogP contribution in [0.15, 0.2) is 41.2 Å². The second-order valence-electron chi connectivity index (χ2n) is 18.7. The number of Topliss-reactive ketones (excluding diaryl/α,β-unsaturated/α-hetero) is 1. The van der Waals surface area contributed by atoms with Crippen molar-refractivity contribution >= 4 is 64.1 Å². The Hall–Kier alpha value is -6.57. The Morgan fingerprint density at radius 1 is 0.926 bits per heavy atom. The van der Waals surface area contributed by atoms with Gasteiger partial charge >= 0.3 is 0 Å². The third kappa shape index (κ3) is 14.0. The molecule has 4 heterocycles. The molecule has 0 aliphatic carbocycles. The Balaban J connectivity index is 1.47. The zero-order valence-electron chi connectivity index (χ0n) is 39.8. The highest BCUT2D eigenvalue weighted by Gasteiger charge is 2.40. The maximum atomic E-state index is 14.6. The van der Waals surface area contributed by atoms with E-state index in [2.05, 4.69) is 41.9 Å². The highest BCUT2D eigenvalue weighted by atomic mass is 16.3. The van der Waals surface area contributed by atoms with Crippen molar-refractivity contribution in [3.63, 3.8) is 0 Å². The van der Waals surface area contributed by atoms with Crippen LogP contribution in [0.1, 0.15) is 117 Å². The first-order valence-corrected chi connectivity index (χ1v) is 23.5. The summed E-state index contributed by atoms with van der Waals surface area (Å²) in [5.41, 5.74) is 1.52.